The van der Waals surface area contributed by atoms with Crippen molar-refractivity contribution in [1.29, 1.82) is 0 Å². The van der Waals surface area contributed by atoms with Gasteiger partial charge < -0.3 is 14.2 Å². The Morgan fingerprint density at radius 3 is 0.688 bits per heavy atom. The first-order valence-electron chi connectivity index (χ1n) is 35.2. The Bertz CT molecular complexity index is 1200. The van der Waals surface area contributed by atoms with Crippen LogP contribution in [0.5, 0.6) is 0 Å². The molecule has 0 aliphatic heterocycles. The van der Waals surface area contributed by atoms with E-state index in [0.29, 0.717) is 19.3 Å². The fourth-order valence-electron chi connectivity index (χ4n) is 11.0. The van der Waals surface area contributed by atoms with E-state index < -0.39 is 6.10 Å². The Morgan fingerprint density at radius 2 is 0.442 bits per heavy atom. The van der Waals surface area contributed by atoms with Crippen molar-refractivity contribution in [3.63, 3.8) is 0 Å². The standard InChI is InChI=1S/C71H136O6/c1-4-7-10-13-16-19-22-24-25-26-27-28-29-30-31-32-33-34-35-36-37-38-39-40-41-42-43-44-45-47-49-52-55-58-61-64-70(73)76-67-68(66-75-69(72)63-60-57-54-51-48-21-18-15-12-9-6-3)77-71(74)65-62-59-56-53-50-46-23-20-17-14-11-8-5-2/h15,18,68H,4-14,16-17,19-67H2,1-3H3/b18-15-. The lowest BCUT2D eigenvalue weighted by molar-refractivity contribution is -0.167. The number of rotatable bonds is 66. The molecule has 0 aliphatic carbocycles. The molecule has 6 heteroatoms. The van der Waals surface area contributed by atoms with Gasteiger partial charge in [0.05, 0.1) is 0 Å². The smallest absolute Gasteiger partial charge is 0.306 e. The van der Waals surface area contributed by atoms with Crippen LogP contribution >= 0.6 is 0 Å². The molecule has 0 amide bonds. The fraction of sp³-hybridized carbons (Fsp3) is 0.930. The third-order valence-corrected chi connectivity index (χ3v) is 16.3. The molecule has 1 unspecified atom stereocenters. The highest BCUT2D eigenvalue weighted by Crippen LogP contribution is 2.19. The summed E-state index contributed by atoms with van der Waals surface area (Å²) in [6, 6.07) is 0. The summed E-state index contributed by atoms with van der Waals surface area (Å²) in [5.74, 6) is -0.849. The van der Waals surface area contributed by atoms with Crippen molar-refractivity contribution in [1.82, 2.24) is 0 Å². The summed E-state index contributed by atoms with van der Waals surface area (Å²) >= 11 is 0. The van der Waals surface area contributed by atoms with Gasteiger partial charge in [-0.3, -0.25) is 14.4 Å². The molecule has 0 spiro atoms. The predicted molar refractivity (Wildman–Crippen MR) is 335 cm³/mol. The van der Waals surface area contributed by atoms with E-state index >= 15 is 0 Å². The highest BCUT2D eigenvalue weighted by molar-refractivity contribution is 5.71. The normalized spacial score (nSPS) is 12.0. The van der Waals surface area contributed by atoms with Crippen molar-refractivity contribution in [2.45, 2.75) is 412 Å². The molecule has 77 heavy (non-hydrogen) atoms. The summed E-state index contributed by atoms with van der Waals surface area (Å²) in [5, 5.41) is 0. The number of hydrogen-bond acceptors (Lipinski definition) is 6. The molecule has 0 radical (unpaired) electrons. The molecule has 0 fully saturated rings. The molecule has 0 N–H and O–H groups in total. The minimum absolute atomic E-state index is 0.0664. The third-order valence-electron chi connectivity index (χ3n) is 16.3. The predicted octanol–water partition coefficient (Wildman–Crippen LogP) is 24.0. The maximum absolute atomic E-state index is 12.9. The second-order valence-electron chi connectivity index (χ2n) is 24.2. The lowest BCUT2D eigenvalue weighted by atomic mass is 10.0. The topological polar surface area (TPSA) is 78.9 Å². The first kappa shape index (κ1) is 75.2. The molecule has 0 heterocycles. The SMILES string of the molecule is CCCC/C=C\CCCCCCCC(=O)OCC(COC(=O)CCCCCCCCCCCCCCCCCCCCCCCCCCCCCCCCCCCCC)OC(=O)CCCCCCCCCCCCCCC. The summed E-state index contributed by atoms with van der Waals surface area (Å²) in [6.45, 7) is 6.66. The summed E-state index contributed by atoms with van der Waals surface area (Å²) in [7, 11) is 0. The lowest BCUT2D eigenvalue weighted by Gasteiger charge is -2.18. The van der Waals surface area contributed by atoms with Gasteiger partial charge in [0.25, 0.3) is 0 Å². The lowest BCUT2D eigenvalue weighted by Crippen LogP contribution is -2.30. The van der Waals surface area contributed by atoms with E-state index in [4.69, 9.17) is 14.2 Å². The summed E-state index contributed by atoms with van der Waals surface area (Å²) in [4.78, 5) is 38.2. The zero-order valence-corrected chi connectivity index (χ0v) is 52.5. The maximum Gasteiger partial charge on any atom is 0.306 e. The summed E-state index contributed by atoms with van der Waals surface area (Å²) < 4.78 is 16.9. The van der Waals surface area contributed by atoms with E-state index in [-0.39, 0.29) is 31.1 Å². The van der Waals surface area contributed by atoms with Crippen molar-refractivity contribution in [3.05, 3.63) is 12.2 Å². The Labute approximate surface area is 481 Å². The van der Waals surface area contributed by atoms with Crippen LogP contribution in [0.25, 0.3) is 0 Å². The average Bonchev–Trinajstić information content (AvgIpc) is 3.43. The van der Waals surface area contributed by atoms with E-state index in [2.05, 4.69) is 32.9 Å². The molecule has 0 saturated carbocycles. The van der Waals surface area contributed by atoms with Crippen LogP contribution in [-0.2, 0) is 28.6 Å². The number of ether oxygens (including phenoxy) is 3. The van der Waals surface area contributed by atoms with Gasteiger partial charge in [0.15, 0.2) is 6.10 Å². The van der Waals surface area contributed by atoms with Crippen molar-refractivity contribution in [3.8, 4) is 0 Å². The number of carbonyl (C=O) groups is 3. The molecule has 456 valence electrons. The number of carbonyl (C=O) groups excluding carboxylic acids is 3. The second kappa shape index (κ2) is 66.7. The van der Waals surface area contributed by atoms with Crippen LogP contribution in [0.3, 0.4) is 0 Å². The molecule has 0 aliphatic rings. The maximum atomic E-state index is 12.9. The van der Waals surface area contributed by atoms with Gasteiger partial charge in [-0.05, 0) is 38.5 Å². The van der Waals surface area contributed by atoms with Crippen LogP contribution in [0, 0.1) is 0 Å². The molecule has 1 atom stereocenters. The van der Waals surface area contributed by atoms with Crippen LogP contribution in [0.4, 0.5) is 0 Å². The average molecular weight is 1090 g/mol. The highest BCUT2D eigenvalue weighted by Gasteiger charge is 2.19. The molecular weight excluding hydrogens is 949 g/mol. The van der Waals surface area contributed by atoms with E-state index in [0.717, 1.165) is 64.2 Å². The second-order valence-corrected chi connectivity index (χ2v) is 24.2. The van der Waals surface area contributed by atoms with E-state index in [1.165, 1.54) is 302 Å². The van der Waals surface area contributed by atoms with Gasteiger partial charge in [-0.2, -0.15) is 0 Å². The van der Waals surface area contributed by atoms with Gasteiger partial charge in [-0.15, -0.1) is 0 Å². The molecule has 0 aromatic carbocycles. The Hall–Kier alpha value is -1.85. The molecular formula is C71H136O6. The zero-order chi connectivity index (χ0) is 55.7. The van der Waals surface area contributed by atoms with Crippen molar-refractivity contribution >= 4 is 17.9 Å². The molecule has 0 aromatic heterocycles. The van der Waals surface area contributed by atoms with Crippen molar-refractivity contribution in [2.24, 2.45) is 0 Å². The number of hydrogen-bond donors (Lipinski definition) is 0. The van der Waals surface area contributed by atoms with Crippen LogP contribution in [0.15, 0.2) is 12.2 Å². The van der Waals surface area contributed by atoms with E-state index in [9.17, 15) is 14.4 Å². The Morgan fingerprint density at radius 1 is 0.247 bits per heavy atom. The zero-order valence-electron chi connectivity index (χ0n) is 52.5. The van der Waals surface area contributed by atoms with E-state index in [1.807, 2.05) is 0 Å². The number of unbranched alkanes of at least 4 members (excludes halogenated alkanes) is 53. The fourth-order valence-corrected chi connectivity index (χ4v) is 11.0. The highest BCUT2D eigenvalue weighted by atomic mass is 16.6. The van der Waals surface area contributed by atoms with Crippen LogP contribution in [-0.4, -0.2) is 37.2 Å². The van der Waals surface area contributed by atoms with Gasteiger partial charge in [0, 0.05) is 19.3 Å². The molecule has 6 nitrogen and oxygen atoms in total. The molecule has 0 saturated heterocycles. The first-order chi connectivity index (χ1) is 38.0. The van der Waals surface area contributed by atoms with Gasteiger partial charge in [-0.25, -0.2) is 0 Å². The monoisotopic (exact) mass is 1090 g/mol. The van der Waals surface area contributed by atoms with E-state index in [1.54, 1.807) is 0 Å². The minimum Gasteiger partial charge on any atom is -0.462 e. The number of allylic oxidation sites excluding steroid dienone is 2. The summed E-state index contributed by atoms with van der Waals surface area (Å²) in [5.41, 5.74) is 0. The quantitative estimate of drug-likeness (QED) is 0.0261. The first-order valence-corrected chi connectivity index (χ1v) is 35.2. The van der Waals surface area contributed by atoms with Gasteiger partial charge >= 0.3 is 17.9 Å². The third kappa shape index (κ3) is 64.9. The molecule has 0 rings (SSSR count). The van der Waals surface area contributed by atoms with Crippen molar-refractivity contribution in [2.75, 3.05) is 13.2 Å². The van der Waals surface area contributed by atoms with Crippen LogP contribution in [0.1, 0.15) is 406 Å². The Kier molecular flexibility index (Phi) is 65.1. The number of esters is 3. The van der Waals surface area contributed by atoms with Gasteiger partial charge in [0.2, 0.25) is 0 Å². The van der Waals surface area contributed by atoms with Gasteiger partial charge in [-0.1, -0.05) is 360 Å². The van der Waals surface area contributed by atoms with Gasteiger partial charge in [0.1, 0.15) is 13.2 Å². The van der Waals surface area contributed by atoms with Crippen LogP contribution < -0.4 is 0 Å². The Balaban J connectivity index is 3.94. The molecule has 0 bridgehead atoms. The molecule has 0 aromatic rings. The largest absolute Gasteiger partial charge is 0.462 e. The van der Waals surface area contributed by atoms with Crippen molar-refractivity contribution < 1.29 is 28.6 Å². The van der Waals surface area contributed by atoms with Crippen LogP contribution in [0.2, 0.25) is 0 Å². The summed E-state index contributed by atoms with van der Waals surface area (Å²) in [6.07, 6.45) is 79.9. The minimum atomic E-state index is -0.768.